The molecule has 0 bridgehead atoms. The number of hydrogen-bond donors (Lipinski definition) is 8. The summed E-state index contributed by atoms with van der Waals surface area (Å²) in [6.45, 7) is 3.75. The van der Waals surface area contributed by atoms with Crippen molar-refractivity contribution in [2.45, 2.75) is 57.5 Å². The van der Waals surface area contributed by atoms with E-state index in [1.54, 1.807) is 26.0 Å². The number of carbonyl (C=O) groups is 4. The van der Waals surface area contributed by atoms with E-state index in [2.05, 4.69) is 10.6 Å². The van der Waals surface area contributed by atoms with Crippen molar-refractivity contribution in [2.75, 3.05) is 6.61 Å². The molecule has 0 saturated carbocycles. The second-order valence-electron chi connectivity index (χ2n) is 8.01. The fraction of sp³-hybridized carbons (Fsp3) is 0.524. The Labute approximate surface area is 191 Å². The number of carbonyl (C=O) groups excluding carboxylic acids is 3. The van der Waals surface area contributed by atoms with Gasteiger partial charge in [-0.2, -0.15) is 0 Å². The SMILES string of the molecule is CC(C)C(N)C(=O)NC(Cc1ccc(O)cc1)C(=O)NC(CO)C(=O)NC(C(=O)O)C(C)O. The summed E-state index contributed by atoms with van der Waals surface area (Å²) >= 11 is 0. The lowest BCUT2D eigenvalue weighted by molar-refractivity contribution is -0.145. The van der Waals surface area contributed by atoms with Crippen LogP contribution in [0.5, 0.6) is 5.75 Å². The van der Waals surface area contributed by atoms with Crippen LogP contribution in [0.3, 0.4) is 0 Å². The molecule has 9 N–H and O–H groups in total. The minimum atomic E-state index is -1.65. The lowest BCUT2D eigenvalue weighted by Crippen LogP contribution is -2.59. The molecule has 0 spiro atoms. The fourth-order valence-corrected chi connectivity index (χ4v) is 2.76. The summed E-state index contributed by atoms with van der Waals surface area (Å²) in [5.74, 6) is -4.17. The van der Waals surface area contributed by atoms with E-state index in [9.17, 15) is 34.5 Å². The molecule has 1 aromatic rings. The average Bonchev–Trinajstić information content (AvgIpc) is 2.75. The van der Waals surface area contributed by atoms with Crippen LogP contribution in [-0.4, -0.2) is 81.0 Å². The van der Waals surface area contributed by atoms with Crippen LogP contribution in [0.4, 0.5) is 0 Å². The number of rotatable bonds is 12. The first kappa shape index (κ1) is 27.8. The van der Waals surface area contributed by atoms with Gasteiger partial charge in [-0.15, -0.1) is 0 Å². The van der Waals surface area contributed by atoms with Crippen molar-refractivity contribution in [1.82, 2.24) is 16.0 Å². The van der Waals surface area contributed by atoms with Crippen molar-refractivity contribution in [3.05, 3.63) is 29.8 Å². The molecule has 1 aromatic carbocycles. The number of nitrogens with one attached hydrogen (secondary N) is 3. The van der Waals surface area contributed by atoms with Gasteiger partial charge in [-0.25, -0.2) is 4.79 Å². The molecule has 33 heavy (non-hydrogen) atoms. The standard InChI is InChI=1S/C21H32N4O8/c1-10(2)16(22)20(31)23-14(8-12-4-6-13(28)7-5-12)18(29)24-15(9-26)19(30)25-17(11(3)27)21(32)33/h4-7,10-11,14-17,26-28H,8-9,22H2,1-3H3,(H,23,31)(H,24,29)(H,25,30)(H,32,33). The average molecular weight is 469 g/mol. The Morgan fingerprint density at radius 1 is 0.909 bits per heavy atom. The zero-order valence-electron chi connectivity index (χ0n) is 18.7. The first-order valence-corrected chi connectivity index (χ1v) is 10.3. The van der Waals surface area contributed by atoms with Crippen LogP contribution in [0.1, 0.15) is 26.3 Å². The maximum absolute atomic E-state index is 12.9. The van der Waals surface area contributed by atoms with Gasteiger partial charge in [0.1, 0.15) is 17.8 Å². The van der Waals surface area contributed by atoms with Crippen LogP contribution in [0, 0.1) is 5.92 Å². The lowest BCUT2D eigenvalue weighted by atomic mass is 10.0. The Bertz CT molecular complexity index is 828. The number of nitrogens with two attached hydrogens (primary N) is 1. The van der Waals surface area contributed by atoms with E-state index in [4.69, 9.17) is 10.8 Å². The summed E-state index contributed by atoms with van der Waals surface area (Å²) < 4.78 is 0. The highest BCUT2D eigenvalue weighted by atomic mass is 16.4. The number of aliphatic hydroxyl groups excluding tert-OH is 2. The quantitative estimate of drug-likeness (QED) is 0.167. The third-order valence-electron chi connectivity index (χ3n) is 4.89. The van der Waals surface area contributed by atoms with E-state index in [1.807, 2.05) is 5.32 Å². The molecule has 3 amide bonds. The van der Waals surface area contributed by atoms with Crippen LogP contribution in [0.2, 0.25) is 0 Å². The summed E-state index contributed by atoms with van der Waals surface area (Å²) in [5.41, 5.74) is 6.43. The topological polar surface area (TPSA) is 211 Å². The first-order valence-electron chi connectivity index (χ1n) is 10.3. The zero-order valence-corrected chi connectivity index (χ0v) is 18.7. The molecule has 0 saturated heterocycles. The molecule has 12 nitrogen and oxygen atoms in total. The normalized spacial score (nSPS) is 15.6. The molecular formula is C21H32N4O8. The van der Waals surface area contributed by atoms with Gasteiger partial charge in [-0.3, -0.25) is 14.4 Å². The van der Waals surface area contributed by atoms with Crippen LogP contribution in [0.15, 0.2) is 24.3 Å². The highest BCUT2D eigenvalue weighted by Gasteiger charge is 2.32. The van der Waals surface area contributed by atoms with Crippen LogP contribution < -0.4 is 21.7 Å². The Morgan fingerprint density at radius 2 is 1.42 bits per heavy atom. The third-order valence-corrected chi connectivity index (χ3v) is 4.89. The number of aromatic hydroxyl groups is 1. The Balaban J connectivity index is 3.03. The number of amides is 3. The van der Waals surface area contributed by atoms with Crippen LogP contribution in [-0.2, 0) is 25.6 Å². The second-order valence-corrected chi connectivity index (χ2v) is 8.01. The number of phenolic OH excluding ortho intramolecular Hbond substituents is 1. The van der Waals surface area contributed by atoms with Gasteiger partial charge in [0.15, 0.2) is 6.04 Å². The van der Waals surface area contributed by atoms with Gasteiger partial charge in [0.2, 0.25) is 17.7 Å². The monoisotopic (exact) mass is 468 g/mol. The summed E-state index contributed by atoms with van der Waals surface area (Å²) in [4.78, 5) is 48.9. The Hall–Kier alpha value is -3.22. The van der Waals surface area contributed by atoms with E-state index >= 15 is 0 Å². The van der Waals surface area contributed by atoms with E-state index in [0.717, 1.165) is 6.92 Å². The van der Waals surface area contributed by atoms with Crippen molar-refractivity contribution < 1.29 is 39.6 Å². The Morgan fingerprint density at radius 3 is 1.88 bits per heavy atom. The van der Waals surface area contributed by atoms with Gasteiger partial charge in [-0.05, 0) is 30.5 Å². The van der Waals surface area contributed by atoms with Gasteiger partial charge < -0.3 is 42.1 Å². The van der Waals surface area contributed by atoms with Gasteiger partial charge >= 0.3 is 5.97 Å². The Kier molecular flexibility index (Phi) is 10.7. The van der Waals surface area contributed by atoms with Gasteiger partial charge in [-0.1, -0.05) is 26.0 Å². The molecule has 12 heteroatoms. The molecule has 0 aliphatic heterocycles. The largest absolute Gasteiger partial charge is 0.508 e. The van der Waals surface area contributed by atoms with Crippen molar-refractivity contribution in [3.8, 4) is 5.75 Å². The predicted molar refractivity (Wildman–Crippen MR) is 117 cm³/mol. The molecule has 0 radical (unpaired) electrons. The highest BCUT2D eigenvalue weighted by molar-refractivity contribution is 5.94. The summed E-state index contributed by atoms with van der Waals surface area (Å²) in [6, 6.07) is 0.591. The van der Waals surface area contributed by atoms with Gasteiger partial charge in [0, 0.05) is 6.42 Å². The maximum Gasteiger partial charge on any atom is 0.328 e. The van der Waals surface area contributed by atoms with Crippen molar-refractivity contribution >= 4 is 23.7 Å². The molecular weight excluding hydrogens is 436 g/mol. The summed E-state index contributed by atoms with van der Waals surface area (Å²) in [5, 5.41) is 44.4. The van der Waals surface area contributed by atoms with Crippen LogP contribution >= 0.6 is 0 Å². The van der Waals surface area contributed by atoms with Crippen LogP contribution in [0.25, 0.3) is 0 Å². The number of phenols is 1. The summed E-state index contributed by atoms with van der Waals surface area (Å²) in [6.07, 6.45) is -1.45. The minimum Gasteiger partial charge on any atom is -0.508 e. The molecule has 184 valence electrons. The van der Waals surface area contributed by atoms with E-state index in [1.165, 1.54) is 12.1 Å². The van der Waals surface area contributed by atoms with Gasteiger partial charge in [0.05, 0.1) is 18.8 Å². The smallest absolute Gasteiger partial charge is 0.328 e. The number of aliphatic carboxylic acids is 1. The maximum atomic E-state index is 12.9. The summed E-state index contributed by atoms with van der Waals surface area (Å²) in [7, 11) is 0. The predicted octanol–water partition coefficient (Wildman–Crippen LogP) is -2.17. The number of carboxylic acids is 1. The lowest BCUT2D eigenvalue weighted by Gasteiger charge is -2.25. The number of aliphatic hydroxyl groups is 2. The van der Waals surface area contributed by atoms with E-state index in [-0.39, 0.29) is 18.1 Å². The molecule has 5 atom stereocenters. The number of hydrogen-bond acceptors (Lipinski definition) is 8. The minimum absolute atomic E-state index is 0.00808. The molecule has 0 aliphatic carbocycles. The third kappa shape index (κ3) is 8.67. The molecule has 0 aliphatic rings. The van der Waals surface area contributed by atoms with E-state index in [0.29, 0.717) is 5.56 Å². The molecule has 0 fully saturated rings. The molecule has 1 rings (SSSR count). The van der Waals surface area contributed by atoms with Crippen molar-refractivity contribution in [1.29, 1.82) is 0 Å². The van der Waals surface area contributed by atoms with Crippen molar-refractivity contribution in [2.24, 2.45) is 11.7 Å². The fourth-order valence-electron chi connectivity index (χ4n) is 2.76. The van der Waals surface area contributed by atoms with E-state index < -0.39 is 60.6 Å². The zero-order chi connectivity index (χ0) is 25.3. The molecule has 0 heterocycles. The second kappa shape index (κ2) is 12.7. The number of benzene rings is 1. The van der Waals surface area contributed by atoms with Crippen molar-refractivity contribution in [3.63, 3.8) is 0 Å². The first-order chi connectivity index (χ1) is 15.4. The molecule has 0 aromatic heterocycles. The highest BCUT2D eigenvalue weighted by Crippen LogP contribution is 2.12. The molecule has 5 unspecified atom stereocenters. The van der Waals surface area contributed by atoms with Gasteiger partial charge in [0.25, 0.3) is 0 Å². The number of carboxylic acid groups (broad SMARTS) is 1.